The number of anilines is 1. The molecule has 2 aromatic carbocycles. The maximum atomic E-state index is 12.6. The number of esters is 1. The van der Waals surface area contributed by atoms with E-state index in [4.69, 9.17) is 9.26 Å². The van der Waals surface area contributed by atoms with Gasteiger partial charge < -0.3 is 14.6 Å². The number of benzene rings is 2. The molecule has 0 unspecified atom stereocenters. The van der Waals surface area contributed by atoms with Gasteiger partial charge in [0.15, 0.2) is 6.61 Å². The zero-order valence-electron chi connectivity index (χ0n) is 18.9. The molecule has 0 aliphatic rings. The fraction of sp³-hybridized carbons (Fsp3) is 0.250. The Labute approximate surface area is 196 Å². The molecule has 0 saturated carbocycles. The highest BCUT2D eigenvalue weighted by atomic mass is 32.2. The van der Waals surface area contributed by atoms with Gasteiger partial charge in [-0.15, -0.1) is 11.8 Å². The summed E-state index contributed by atoms with van der Waals surface area (Å²) < 4.78 is 10.3. The van der Waals surface area contributed by atoms with Crippen LogP contribution in [-0.4, -0.2) is 29.7 Å². The van der Waals surface area contributed by atoms with Gasteiger partial charge in [0, 0.05) is 21.9 Å². The third-order valence-electron chi connectivity index (χ3n) is 5.10. The van der Waals surface area contributed by atoms with Crippen LogP contribution in [0.2, 0.25) is 0 Å². The van der Waals surface area contributed by atoms with Crippen LogP contribution in [0, 0.1) is 27.7 Å². The fourth-order valence-electron chi connectivity index (χ4n) is 3.03. The van der Waals surface area contributed by atoms with E-state index in [-0.39, 0.29) is 0 Å². The Morgan fingerprint density at radius 1 is 1.03 bits per heavy atom. The molecule has 0 bridgehead atoms. The van der Waals surface area contributed by atoms with E-state index < -0.39 is 24.5 Å². The van der Waals surface area contributed by atoms with E-state index in [9.17, 15) is 14.4 Å². The fourth-order valence-corrected chi connectivity index (χ4v) is 4.22. The molecule has 0 aliphatic carbocycles. The topological polar surface area (TPSA) is 111 Å². The number of thioether (sulfide) groups is 1. The maximum Gasteiger partial charge on any atom is 0.339 e. The lowest BCUT2D eigenvalue weighted by Gasteiger charge is -2.11. The quantitative estimate of drug-likeness (QED) is 0.382. The van der Waals surface area contributed by atoms with Gasteiger partial charge in [-0.1, -0.05) is 29.4 Å². The van der Waals surface area contributed by atoms with Crippen molar-refractivity contribution >= 4 is 35.4 Å². The zero-order chi connectivity index (χ0) is 24.0. The van der Waals surface area contributed by atoms with Gasteiger partial charge in [-0.2, -0.15) is 0 Å². The van der Waals surface area contributed by atoms with Crippen LogP contribution in [0.3, 0.4) is 0 Å². The predicted molar refractivity (Wildman–Crippen MR) is 125 cm³/mol. The second-order valence-electron chi connectivity index (χ2n) is 7.41. The van der Waals surface area contributed by atoms with Crippen molar-refractivity contribution < 1.29 is 23.6 Å². The minimum absolute atomic E-state index is 0.335. The van der Waals surface area contributed by atoms with Crippen molar-refractivity contribution in [3.8, 4) is 0 Å². The van der Waals surface area contributed by atoms with E-state index in [1.54, 1.807) is 24.3 Å². The summed E-state index contributed by atoms with van der Waals surface area (Å²) >= 11 is 1.44. The van der Waals surface area contributed by atoms with E-state index in [0.29, 0.717) is 21.9 Å². The molecule has 172 valence electrons. The molecule has 1 heterocycles. The van der Waals surface area contributed by atoms with Crippen LogP contribution in [0.4, 0.5) is 10.5 Å². The molecule has 0 saturated heterocycles. The highest BCUT2D eigenvalue weighted by Crippen LogP contribution is 2.29. The van der Waals surface area contributed by atoms with E-state index >= 15 is 0 Å². The Balaban J connectivity index is 1.54. The van der Waals surface area contributed by atoms with Gasteiger partial charge in [0.05, 0.1) is 11.3 Å². The summed E-state index contributed by atoms with van der Waals surface area (Å²) in [6, 6.07) is 11.7. The van der Waals surface area contributed by atoms with Crippen molar-refractivity contribution in [3.63, 3.8) is 0 Å². The Bertz CT molecular complexity index is 1170. The highest BCUT2D eigenvalue weighted by Gasteiger charge is 2.17. The standard InChI is InChI=1S/C24H25N3O5S/c1-14-8-7-10-20(15(14)2)25-24(30)26-22(28)12-31-23(29)18-9-5-6-11-21(18)33-13-19-16(3)27-32-17(19)4/h5-11H,12-13H2,1-4H3,(H2,25,26,28,30). The average Bonchev–Trinajstić information content (AvgIpc) is 3.11. The summed E-state index contributed by atoms with van der Waals surface area (Å²) in [4.78, 5) is 37.5. The first-order chi connectivity index (χ1) is 15.8. The highest BCUT2D eigenvalue weighted by molar-refractivity contribution is 7.98. The predicted octanol–water partition coefficient (Wildman–Crippen LogP) is 4.71. The number of imide groups is 1. The number of ether oxygens (including phenoxy) is 1. The molecule has 3 rings (SSSR count). The third-order valence-corrected chi connectivity index (χ3v) is 6.20. The monoisotopic (exact) mass is 467 g/mol. The number of aryl methyl sites for hydroxylation is 3. The minimum Gasteiger partial charge on any atom is -0.452 e. The van der Waals surface area contributed by atoms with E-state index in [0.717, 1.165) is 28.1 Å². The second-order valence-corrected chi connectivity index (χ2v) is 8.43. The molecule has 9 heteroatoms. The number of hydrogen-bond donors (Lipinski definition) is 2. The van der Waals surface area contributed by atoms with Crippen molar-refractivity contribution in [2.24, 2.45) is 0 Å². The van der Waals surface area contributed by atoms with Gasteiger partial charge in [0.1, 0.15) is 5.76 Å². The van der Waals surface area contributed by atoms with Gasteiger partial charge in [0.25, 0.3) is 5.91 Å². The molecule has 0 aliphatic heterocycles. The minimum atomic E-state index is -0.730. The molecule has 0 atom stereocenters. The third kappa shape index (κ3) is 6.23. The number of urea groups is 1. The van der Waals surface area contributed by atoms with Gasteiger partial charge in [0.2, 0.25) is 0 Å². The molecule has 0 radical (unpaired) electrons. The van der Waals surface area contributed by atoms with Crippen molar-refractivity contribution in [1.82, 2.24) is 10.5 Å². The summed E-state index contributed by atoms with van der Waals surface area (Å²) in [5.41, 5.74) is 4.62. The lowest BCUT2D eigenvalue weighted by Crippen LogP contribution is -2.37. The normalized spacial score (nSPS) is 10.5. The second kappa shape index (κ2) is 10.8. The van der Waals surface area contributed by atoms with Crippen molar-refractivity contribution in [1.29, 1.82) is 0 Å². The molecule has 3 amide bonds. The van der Waals surface area contributed by atoms with E-state index in [2.05, 4.69) is 15.8 Å². The lowest BCUT2D eigenvalue weighted by molar-refractivity contribution is -0.123. The number of aromatic nitrogens is 1. The molecule has 2 N–H and O–H groups in total. The maximum absolute atomic E-state index is 12.6. The number of rotatable bonds is 7. The van der Waals surface area contributed by atoms with E-state index in [1.165, 1.54) is 11.8 Å². The summed E-state index contributed by atoms with van der Waals surface area (Å²) in [5, 5.41) is 8.72. The Hall–Kier alpha value is -3.59. The molecule has 0 spiro atoms. The summed E-state index contributed by atoms with van der Waals surface area (Å²) in [5.74, 6) is -0.0744. The molecular formula is C24H25N3O5S. The molecule has 0 fully saturated rings. The zero-order valence-corrected chi connectivity index (χ0v) is 19.7. The largest absolute Gasteiger partial charge is 0.452 e. The average molecular weight is 468 g/mol. The van der Waals surface area contributed by atoms with Gasteiger partial charge in [-0.25, -0.2) is 9.59 Å². The van der Waals surface area contributed by atoms with Crippen LogP contribution in [0.1, 0.15) is 38.5 Å². The first-order valence-corrected chi connectivity index (χ1v) is 11.2. The van der Waals surface area contributed by atoms with Gasteiger partial charge in [-0.3, -0.25) is 10.1 Å². The number of hydrogen-bond acceptors (Lipinski definition) is 7. The first kappa shape index (κ1) is 24.1. The summed E-state index contributed by atoms with van der Waals surface area (Å²) in [6.45, 7) is 6.91. The molecule has 33 heavy (non-hydrogen) atoms. The van der Waals surface area contributed by atoms with Crippen LogP contribution in [0.5, 0.6) is 0 Å². The van der Waals surface area contributed by atoms with Crippen molar-refractivity contribution in [2.75, 3.05) is 11.9 Å². The number of amides is 3. The van der Waals surface area contributed by atoms with Crippen molar-refractivity contribution in [3.05, 3.63) is 76.2 Å². The van der Waals surface area contributed by atoms with Crippen LogP contribution >= 0.6 is 11.8 Å². The number of nitrogens with one attached hydrogen (secondary N) is 2. The van der Waals surface area contributed by atoms with Crippen LogP contribution < -0.4 is 10.6 Å². The Kier molecular flexibility index (Phi) is 7.89. The summed E-state index contributed by atoms with van der Waals surface area (Å²) in [7, 11) is 0. The van der Waals surface area contributed by atoms with Crippen LogP contribution in [0.15, 0.2) is 51.9 Å². The molecule has 3 aromatic rings. The van der Waals surface area contributed by atoms with Crippen LogP contribution in [0.25, 0.3) is 0 Å². The first-order valence-electron chi connectivity index (χ1n) is 10.2. The Morgan fingerprint density at radius 3 is 2.52 bits per heavy atom. The number of nitrogens with zero attached hydrogens (tertiary/aromatic N) is 1. The molecule has 8 nitrogen and oxygen atoms in total. The van der Waals surface area contributed by atoms with E-state index in [1.807, 2.05) is 45.9 Å². The lowest BCUT2D eigenvalue weighted by atomic mass is 10.1. The smallest absolute Gasteiger partial charge is 0.339 e. The number of carbonyl (C=O) groups excluding carboxylic acids is 3. The SMILES string of the molecule is Cc1cccc(NC(=O)NC(=O)COC(=O)c2ccccc2SCc2c(C)noc2C)c1C. The number of carbonyl (C=O) groups is 3. The molecular weight excluding hydrogens is 442 g/mol. The van der Waals surface area contributed by atoms with Crippen LogP contribution in [-0.2, 0) is 15.3 Å². The van der Waals surface area contributed by atoms with Crippen molar-refractivity contribution in [2.45, 2.75) is 38.3 Å². The van der Waals surface area contributed by atoms with Gasteiger partial charge >= 0.3 is 12.0 Å². The van der Waals surface area contributed by atoms with Gasteiger partial charge in [-0.05, 0) is 57.0 Å². The Morgan fingerprint density at radius 2 is 1.79 bits per heavy atom. The summed E-state index contributed by atoms with van der Waals surface area (Å²) in [6.07, 6.45) is 0. The molecule has 1 aromatic heterocycles.